The van der Waals surface area contributed by atoms with Gasteiger partial charge in [0, 0.05) is 43.1 Å². The van der Waals surface area contributed by atoms with Crippen molar-refractivity contribution in [1.29, 1.82) is 0 Å². The fourth-order valence-electron chi connectivity index (χ4n) is 5.01. The van der Waals surface area contributed by atoms with Crippen molar-refractivity contribution in [3.05, 3.63) is 48.2 Å². The van der Waals surface area contributed by atoms with E-state index in [-0.39, 0.29) is 24.8 Å². The van der Waals surface area contributed by atoms with E-state index in [0.717, 1.165) is 43.4 Å². The topological polar surface area (TPSA) is 125 Å². The molecule has 0 radical (unpaired) electrons. The van der Waals surface area contributed by atoms with E-state index in [1.165, 1.54) is 7.11 Å². The van der Waals surface area contributed by atoms with Gasteiger partial charge in [-0.1, -0.05) is 31.4 Å². The molecule has 0 saturated heterocycles. The Kier molecular flexibility index (Phi) is 8.50. The molecule has 1 unspecified atom stereocenters. The highest BCUT2D eigenvalue weighted by molar-refractivity contribution is 5.96. The van der Waals surface area contributed by atoms with E-state index >= 15 is 0 Å². The normalized spacial score (nSPS) is 14.6. The molecular weight excluding hydrogens is 486 g/mol. The van der Waals surface area contributed by atoms with Crippen LogP contribution in [-0.2, 0) is 14.3 Å². The smallest absolute Gasteiger partial charge is 0.325 e. The zero-order chi connectivity index (χ0) is 27.2. The van der Waals surface area contributed by atoms with Gasteiger partial charge in [-0.25, -0.2) is 4.98 Å². The van der Waals surface area contributed by atoms with Gasteiger partial charge in [0.2, 0.25) is 0 Å². The number of carboxylic acids is 1. The first kappa shape index (κ1) is 27.0. The van der Waals surface area contributed by atoms with Crippen LogP contribution in [0.3, 0.4) is 0 Å². The third kappa shape index (κ3) is 6.24. The Morgan fingerprint density at radius 3 is 2.47 bits per heavy atom. The van der Waals surface area contributed by atoms with Gasteiger partial charge in [-0.2, -0.15) is 0 Å². The lowest BCUT2D eigenvalue weighted by Crippen LogP contribution is -2.42. The van der Waals surface area contributed by atoms with Crippen molar-refractivity contribution < 1.29 is 24.2 Å². The summed E-state index contributed by atoms with van der Waals surface area (Å²) in [6, 6.07) is 10.8. The molecule has 1 saturated carbocycles. The molecule has 3 N–H and O–H groups in total. The zero-order valence-corrected chi connectivity index (χ0v) is 22.1. The molecular formula is C28H35N5O5. The molecule has 38 heavy (non-hydrogen) atoms. The van der Waals surface area contributed by atoms with Crippen molar-refractivity contribution in [2.75, 3.05) is 38.0 Å². The van der Waals surface area contributed by atoms with Crippen LogP contribution in [0, 0.1) is 5.92 Å². The van der Waals surface area contributed by atoms with E-state index in [1.807, 2.05) is 43.3 Å². The molecule has 10 nitrogen and oxygen atoms in total. The van der Waals surface area contributed by atoms with Crippen LogP contribution in [0.15, 0.2) is 42.6 Å². The lowest BCUT2D eigenvalue weighted by Gasteiger charge is -2.30. The summed E-state index contributed by atoms with van der Waals surface area (Å²) in [6.45, 7) is -0.0480. The largest absolute Gasteiger partial charge is 0.481 e. The molecule has 1 aliphatic carbocycles. The minimum Gasteiger partial charge on any atom is -0.481 e. The van der Waals surface area contributed by atoms with Crippen molar-refractivity contribution in [2.45, 2.75) is 44.6 Å². The Hall–Kier alpha value is -4.08. The lowest BCUT2D eigenvalue weighted by atomic mass is 9.82. The quantitative estimate of drug-likeness (QED) is 0.344. The average molecular weight is 522 g/mol. The van der Waals surface area contributed by atoms with Crippen LogP contribution >= 0.6 is 0 Å². The average Bonchev–Trinajstić information content (AvgIpc) is 3.29. The van der Waals surface area contributed by atoms with Gasteiger partial charge < -0.3 is 25.4 Å². The third-order valence-electron chi connectivity index (χ3n) is 7.10. The number of carbonyl (C=O) groups is 3. The number of methoxy groups -OCH3 is 1. The number of rotatable bonds is 10. The van der Waals surface area contributed by atoms with E-state index in [9.17, 15) is 19.5 Å². The van der Waals surface area contributed by atoms with Crippen LogP contribution in [-0.4, -0.2) is 66.1 Å². The summed E-state index contributed by atoms with van der Waals surface area (Å²) >= 11 is 0. The van der Waals surface area contributed by atoms with Gasteiger partial charge in [0.25, 0.3) is 5.91 Å². The molecule has 0 aliphatic heterocycles. The lowest BCUT2D eigenvalue weighted by molar-refractivity contribution is -0.139. The molecule has 1 amide bonds. The number of hydrogen-bond donors (Lipinski definition) is 3. The number of nitrogens with one attached hydrogen (secondary N) is 2. The van der Waals surface area contributed by atoms with E-state index in [4.69, 9.17) is 9.72 Å². The van der Waals surface area contributed by atoms with E-state index in [0.29, 0.717) is 22.7 Å². The van der Waals surface area contributed by atoms with Crippen molar-refractivity contribution in [3.8, 4) is 11.3 Å². The molecule has 4 rings (SSSR count). The molecule has 1 aliphatic rings. The Bertz CT molecular complexity index is 1290. The van der Waals surface area contributed by atoms with Gasteiger partial charge in [-0.05, 0) is 43.0 Å². The second kappa shape index (κ2) is 12.0. The van der Waals surface area contributed by atoms with Crippen LogP contribution in [0.1, 0.15) is 48.9 Å². The Balaban J connectivity index is 1.65. The van der Waals surface area contributed by atoms with Crippen molar-refractivity contribution in [1.82, 2.24) is 14.7 Å². The Morgan fingerprint density at radius 1 is 1.13 bits per heavy atom. The van der Waals surface area contributed by atoms with Gasteiger partial charge in [0.1, 0.15) is 23.7 Å². The second-order valence-electron chi connectivity index (χ2n) is 9.90. The molecule has 2 aromatic heterocycles. The number of carbonyl (C=O) groups excluding carboxylic acids is 2. The van der Waals surface area contributed by atoms with Crippen molar-refractivity contribution in [3.63, 3.8) is 0 Å². The maximum atomic E-state index is 13.2. The number of benzene rings is 1. The summed E-state index contributed by atoms with van der Waals surface area (Å²) in [5, 5.41) is 15.5. The monoisotopic (exact) mass is 521 g/mol. The van der Waals surface area contributed by atoms with E-state index in [2.05, 4.69) is 10.6 Å². The Labute approximate surface area is 222 Å². The fourth-order valence-corrected chi connectivity index (χ4v) is 5.01. The van der Waals surface area contributed by atoms with Gasteiger partial charge in [-0.15, -0.1) is 0 Å². The Morgan fingerprint density at radius 2 is 1.84 bits per heavy atom. The first-order valence-corrected chi connectivity index (χ1v) is 12.9. The van der Waals surface area contributed by atoms with Gasteiger partial charge in [0.15, 0.2) is 0 Å². The van der Waals surface area contributed by atoms with Crippen LogP contribution < -0.4 is 15.5 Å². The van der Waals surface area contributed by atoms with Crippen molar-refractivity contribution in [2.24, 2.45) is 5.92 Å². The number of carboxylic acid groups (broad SMARTS) is 1. The molecule has 0 bridgehead atoms. The number of aromatic nitrogens is 2. The number of aliphatic carboxylic acids is 1. The standard InChI is InChI=1S/C28H35N5O5/c1-32(2)21-11-9-19(10-12-21)26-27(29-17-25(36)38-3)33-14-13-20(15-23(33)31-26)28(37)30-22(16-24(34)35)18-7-5-4-6-8-18/h9-15,18,22,29H,4-8,16-17H2,1-3H3,(H,30,37)(H,34,35). The summed E-state index contributed by atoms with van der Waals surface area (Å²) in [6.07, 6.45) is 6.71. The number of esters is 1. The highest BCUT2D eigenvalue weighted by Gasteiger charge is 2.28. The van der Waals surface area contributed by atoms with E-state index in [1.54, 1.807) is 22.7 Å². The van der Waals surface area contributed by atoms with Crippen molar-refractivity contribution >= 4 is 35.0 Å². The summed E-state index contributed by atoms with van der Waals surface area (Å²) in [4.78, 5) is 43.4. The number of amides is 1. The summed E-state index contributed by atoms with van der Waals surface area (Å²) in [5.74, 6) is -0.910. The first-order valence-electron chi connectivity index (χ1n) is 12.9. The van der Waals surface area contributed by atoms with E-state index < -0.39 is 18.0 Å². The van der Waals surface area contributed by atoms with Gasteiger partial charge in [0.05, 0.1) is 13.5 Å². The van der Waals surface area contributed by atoms with Crippen LogP contribution in [0.5, 0.6) is 0 Å². The van der Waals surface area contributed by atoms with Crippen LogP contribution in [0.2, 0.25) is 0 Å². The number of hydrogen-bond acceptors (Lipinski definition) is 7. The predicted octanol–water partition coefficient (Wildman–Crippen LogP) is 3.81. The third-order valence-corrected chi connectivity index (χ3v) is 7.10. The summed E-state index contributed by atoms with van der Waals surface area (Å²) < 4.78 is 6.56. The van der Waals surface area contributed by atoms with Gasteiger partial charge >= 0.3 is 11.9 Å². The maximum absolute atomic E-state index is 13.2. The number of anilines is 2. The SMILES string of the molecule is COC(=O)CNc1c(-c2ccc(N(C)C)cc2)nc2cc(C(=O)NC(CC(=O)O)C3CCCCC3)ccn12. The number of nitrogens with zero attached hydrogens (tertiary/aromatic N) is 3. The minimum absolute atomic E-state index is 0.0480. The van der Waals surface area contributed by atoms with Crippen LogP contribution in [0.25, 0.3) is 16.9 Å². The number of ether oxygens (including phenoxy) is 1. The highest BCUT2D eigenvalue weighted by Crippen LogP contribution is 2.31. The molecule has 202 valence electrons. The molecule has 1 atom stereocenters. The molecule has 2 heterocycles. The predicted molar refractivity (Wildman–Crippen MR) is 146 cm³/mol. The molecule has 1 fully saturated rings. The molecule has 3 aromatic rings. The molecule has 0 spiro atoms. The summed E-state index contributed by atoms with van der Waals surface area (Å²) in [5.41, 5.74) is 3.42. The fraction of sp³-hybridized carbons (Fsp3) is 0.429. The summed E-state index contributed by atoms with van der Waals surface area (Å²) in [7, 11) is 5.26. The maximum Gasteiger partial charge on any atom is 0.325 e. The minimum atomic E-state index is -0.921. The number of fused-ring (bicyclic) bond motifs is 1. The first-order chi connectivity index (χ1) is 18.3. The number of pyridine rings is 1. The zero-order valence-electron chi connectivity index (χ0n) is 22.1. The molecule has 10 heteroatoms. The van der Waals surface area contributed by atoms with Gasteiger partial charge in [-0.3, -0.25) is 18.8 Å². The second-order valence-corrected chi connectivity index (χ2v) is 9.90. The number of imidazole rings is 1. The highest BCUT2D eigenvalue weighted by atomic mass is 16.5. The van der Waals surface area contributed by atoms with Crippen LogP contribution in [0.4, 0.5) is 11.5 Å². The molecule has 1 aromatic carbocycles.